The lowest BCUT2D eigenvalue weighted by molar-refractivity contribution is -0.127. The van der Waals surface area contributed by atoms with E-state index in [2.05, 4.69) is 5.92 Å². The molecule has 96 valence electrons. The standard InChI is InChI=1S/C15H19NO2/c1-6-12(3)16(15(17)13(4)18-5)14-10-8-7-9-11(14)2/h1,7-10,12-13H,2-5H3. The fourth-order valence-corrected chi connectivity index (χ4v) is 1.72. The van der Waals surface area contributed by atoms with Gasteiger partial charge in [0.05, 0.1) is 6.04 Å². The molecule has 3 nitrogen and oxygen atoms in total. The summed E-state index contributed by atoms with van der Waals surface area (Å²) in [5.74, 6) is 2.47. The Kier molecular flexibility index (Phi) is 4.94. The maximum absolute atomic E-state index is 12.3. The first-order chi connectivity index (χ1) is 8.52. The highest BCUT2D eigenvalue weighted by atomic mass is 16.5. The monoisotopic (exact) mass is 245 g/mol. The van der Waals surface area contributed by atoms with Crippen molar-refractivity contribution in [2.75, 3.05) is 12.0 Å². The fourth-order valence-electron chi connectivity index (χ4n) is 1.72. The number of ether oxygens (including phenoxy) is 1. The number of carbonyl (C=O) groups excluding carboxylic acids is 1. The van der Waals surface area contributed by atoms with E-state index < -0.39 is 6.10 Å². The second-order valence-corrected chi connectivity index (χ2v) is 4.22. The number of amides is 1. The number of carbonyl (C=O) groups is 1. The SMILES string of the molecule is C#CC(C)N(C(=O)C(C)OC)c1ccccc1C. The normalized spacial score (nSPS) is 13.5. The number of nitrogens with zero attached hydrogens (tertiary/aromatic N) is 1. The van der Waals surface area contributed by atoms with Crippen molar-refractivity contribution in [2.45, 2.75) is 32.9 Å². The van der Waals surface area contributed by atoms with E-state index in [1.807, 2.05) is 38.1 Å². The molecule has 0 aromatic heterocycles. The summed E-state index contributed by atoms with van der Waals surface area (Å²) in [4.78, 5) is 13.9. The second-order valence-electron chi connectivity index (χ2n) is 4.22. The summed E-state index contributed by atoms with van der Waals surface area (Å²) in [6.45, 7) is 5.50. The van der Waals surface area contributed by atoms with Crippen molar-refractivity contribution in [1.29, 1.82) is 0 Å². The summed E-state index contributed by atoms with van der Waals surface area (Å²) in [5, 5.41) is 0. The summed E-state index contributed by atoms with van der Waals surface area (Å²) < 4.78 is 5.09. The molecule has 18 heavy (non-hydrogen) atoms. The summed E-state index contributed by atoms with van der Waals surface area (Å²) in [5.41, 5.74) is 1.84. The van der Waals surface area contributed by atoms with Gasteiger partial charge in [-0.1, -0.05) is 24.1 Å². The van der Waals surface area contributed by atoms with Crippen LogP contribution >= 0.6 is 0 Å². The first-order valence-electron chi connectivity index (χ1n) is 5.90. The molecule has 0 bridgehead atoms. The molecule has 0 aliphatic rings. The van der Waals surface area contributed by atoms with Gasteiger partial charge >= 0.3 is 0 Å². The molecule has 0 fully saturated rings. The Labute approximate surface area is 109 Å². The van der Waals surface area contributed by atoms with Gasteiger partial charge in [-0.2, -0.15) is 0 Å². The number of rotatable bonds is 4. The predicted octanol–water partition coefficient (Wildman–Crippen LogP) is 2.38. The lowest BCUT2D eigenvalue weighted by Gasteiger charge is -2.29. The quantitative estimate of drug-likeness (QED) is 0.762. The van der Waals surface area contributed by atoms with Crippen LogP contribution in [0.15, 0.2) is 24.3 Å². The zero-order valence-electron chi connectivity index (χ0n) is 11.3. The van der Waals surface area contributed by atoms with Crippen molar-refractivity contribution in [3.63, 3.8) is 0 Å². The first kappa shape index (κ1) is 14.3. The molecule has 0 heterocycles. The highest BCUT2D eigenvalue weighted by Gasteiger charge is 2.26. The maximum atomic E-state index is 12.3. The first-order valence-corrected chi connectivity index (χ1v) is 5.90. The minimum atomic E-state index is -0.514. The lowest BCUT2D eigenvalue weighted by atomic mass is 10.1. The Hall–Kier alpha value is -1.79. The predicted molar refractivity (Wildman–Crippen MR) is 73.4 cm³/mol. The molecule has 1 rings (SSSR count). The van der Waals surface area contributed by atoms with Crippen LogP contribution in [0.4, 0.5) is 5.69 Å². The van der Waals surface area contributed by atoms with Gasteiger partial charge in [0.1, 0.15) is 6.10 Å². The third kappa shape index (κ3) is 2.91. The van der Waals surface area contributed by atoms with Crippen LogP contribution in [0.25, 0.3) is 0 Å². The van der Waals surface area contributed by atoms with E-state index in [1.165, 1.54) is 7.11 Å². The van der Waals surface area contributed by atoms with E-state index in [1.54, 1.807) is 11.8 Å². The zero-order valence-corrected chi connectivity index (χ0v) is 11.3. The summed E-state index contributed by atoms with van der Waals surface area (Å²) >= 11 is 0. The highest BCUT2D eigenvalue weighted by Crippen LogP contribution is 2.22. The highest BCUT2D eigenvalue weighted by molar-refractivity contribution is 5.98. The Morgan fingerprint density at radius 3 is 2.50 bits per heavy atom. The number of anilines is 1. The smallest absolute Gasteiger partial charge is 0.256 e. The largest absolute Gasteiger partial charge is 0.372 e. The number of hydrogen-bond acceptors (Lipinski definition) is 2. The molecule has 0 N–H and O–H groups in total. The van der Waals surface area contributed by atoms with Crippen LogP contribution < -0.4 is 4.90 Å². The van der Waals surface area contributed by atoms with Gasteiger partial charge in [0.15, 0.2) is 0 Å². The molecule has 0 aliphatic heterocycles. The van der Waals surface area contributed by atoms with Crippen molar-refractivity contribution in [3.05, 3.63) is 29.8 Å². The van der Waals surface area contributed by atoms with Crippen molar-refractivity contribution in [2.24, 2.45) is 0 Å². The third-order valence-corrected chi connectivity index (χ3v) is 2.94. The van der Waals surface area contributed by atoms with Gasteiger partial charge in [0, 0.05) is 12.8 Å². The van der Waals surface area contributed by atoms with E-state index in [0.29, 0.717) is 0 Å². The van der Waals surface area contributed by atoms with Crippen LogP contribution in [0.1, 0.15) is 19.4 Å². The lowest BCUT2D eigenvalue weighted by Crippen LogP contribution is -2.44. The van der Waals surface area contributed by atoms with Crippen LogP contribution in [0.2, 0.25) is 0 Å². The van der Waals surface area contributed by atoms with Gasteiger partial charge in [-0.15, -0.1) is 6.42 Å². The van der Waals surface area contributed by atoms with Crippen LogP contribution in [0.3, 0.4) is 0 Å². The van der Waals surface area contributed by atoms with Crippen molar-refractivity contribution >= 4 is 11.6 Å². The summed E-state index contributed by atoms with van der Waals surface area (Å²) in [6, 6.07) is 7.36. The van der Waals surface area contributed by atoms with Crippen molar-refractivity contribution in [3.8, 4) is 12.3 Å². The van der Waals surface area contributed by atoms with E-state index in [-0.39, 0.29) is 11.9 Å². The summed E-state index contributed by atoms with van der Waals surface area (Å²) in [6.07, 6.45) is 4.94. The van der Waals surface area contributed by atoms with Crippen LogP contribution in [0.5, 0.6) is 0 Å². The maximum Gasteiger partial charge on any atom is 0.256 e. The van der Waals surface area contributed by atoms with Gasteiger partial charge in [-0.05, 0) is 32.4 Å². The molecule has 0 saturated carbocycles. The molecule has 0 saturated heterocycles. The number of methoxy groups -OCH3 is 1. The number of aryl methyl sites for hydroxylation is 1. The molecule has 1 aromatic carbocycles. The van der Waals surface area contributed by atoms with Crippen LogP contribution in [-0.2, 0) is 9.53 Å². The van der Waals surface area contributed by atoms with Gasteiger partial charge in [-0.25, -0.2) is 0 Å². The molecule has 1 aromatic rings. The van der Waals surface area contributed by atoms with Crippen LogP contribution in [0, 0.1) is 19.3 Å². The Balaban J connectivity index is 3.19. The van der Waals surface area contributed by atoms with Gasteiger partial charge < -0.3 is 4.74 Å². The fraction of sp³-hybridized carbons (Fsp3) is 0.400. The zero-order chi connectivity index (χ0) is 13.7. The Bertz CT molecular complexity index is 462. The van der Waals surface area contributed by atoms with Gasteiger partial charge in [-0.3, -0.25) is 9.69 Å². The van der Waals surface area contributed by atoms with Crippen LogP contribution in [-0.4, -0.2) is 25.2 Å². The minimum absolute atomic E-state index is 0.128. The molecule has 1 amide bonds. The third-order valence-electron chi connectivity index (χ3n) is 2.94. The minimum Gasteiger partial charge on any atom is -0.372 e. The van der Waals surface area contributed by atoms with E-state index >= 15 is 0 Å². The van der Waals surface area contributed by atoms with Crippen molar-refractivity contribution in [1.82, 2.24) is 0 Å². The second kappa shape index (κ2) is 6.23. The topological polar surface area (TPSA) is 29.5 Å². The average molecular weight is 245 g/mol. The Morgan fingerprint density at radius 1 is 1.39 bits per heavy atom. The number of para-hydroxylation sites is 1. The Morgan fingerprint density at radius 2 is 2.00 bits per heavy atom. The van der Waals surface area contributed by atoms with E-state index in [4.69, 9.17) is 11.2 Å². The molecule has 0 spiro atoms. The molecule has 0 aliphatic carbocycles. The number of hydrogen-bond donors (Lipinski definition) is 0. The molecule has 0 radical (unpaired) electrons. The number of benzene rings is 1. The van der Waals surface area contributed by atoms with Gasteiger partial charge in [0.25, 0.3) is 5.91 Å². The number of terminal acetylenes is 1. The van der Waals surface area contributed by atoms with Crippen molar-refractivity contribution < 1.29 is 9.53 Å². The molecule has 2 unspecified atom stereocenters. The summed E-state index contributed by atoms with van der Waals surface area (Å²) in [7, 11) is 1.51. The molecule has 2 atom stereocenters. The van der Waals surface area contributed by atoms with E-state index in [0.717, 1.165) is 11.3 Å². The molecule has 3 heteroatoms. The van der Waals surface area contributed by atoms with Gasteiger partial charge in [0.2, 0.25) is 0 Å². The molecular formula is C15H19NO2. The van der Waals surface area contributed by atoms with E-state index in [9.17, 15) is 4.79 Å². The molecular weight excluding hydrogens is 226 g/mol. The average Bonchev–Trinajstić information content (AvgIpc) is 2.39.